The van der Waals surface area contributed by atoms with Gasteiger partial charge in [0.05, 0.1) is 0 Å². The minimum Gasteiger partial charge on any atom is -0.368 e. The molecule has 2 heterocycles. The molecule has 0 spiro atoms. The average Bonchev–Trinajstić information content (AvgIpc) is 3.26. The molecule has 7 heteroatoms. The molecule has 1 aromatic heterocycles. The Balaban J connectivity index is 1.66. The number of rotatable bonds is 4. The molecule has 26 heavy (non-hydrogen) atoms. The van der Waals surface area contributed by atoms with Gasteiger partial charge in [-0.3, -0.25) is 14.7 Å². The van der Waals surface area contributed by atoms with E-state index in [1.165, 1.54) is 0 Å². The summed E-state index contributed by atoms with van der Waals surface area (Å²) in [5, 5.41) is 12.6. The smallest absolute Gasteiger partial charge is 0.256 e. The van der Waals surface area contributed by atoms with Gasteiger partial charge in [0.15, 0.2) is 5.82 Å². The fraction of sp³-hybridized carbons (Fsp3) is 0.421. The molecule has 0 bridgehead atoms. The minimum absolute atomic E-state index is 0.0809. The Morgan fingerprint density at radius 3 is 2.69 bits per heavy atom. The van der Waals surface area contributed by atoms with Crippen LogP contribution >= 0.6 is 0 Å². The number of aromatic nitrogens is 2. The number of nitrogens with one attached hydrogen (secondary N) is 3. The van der Waals surface area contributed by atoms with Gasteiger partial charge < -0.3 is 15.4 Å². The molecule has 0 aliphatic carbocycles. The molecule has 1 atom stereocenters. The van der Waals surface area contributed by atoms with Gasteiger partial charge in [-0.25, -0.2) is 0 Å². The summed E-state index contributed by atoms with van der Waals surface area (Å²) in [4.78, 5) is 24.6. The molecule has 0 radical (unpaired) electrons. The van der Waals surface area contributed by atoms with E-state index in [1.54, 1.807) is 24.3 Å². The lowest BCUT2D eigenvalue weighted by atomic mass is 9.92. The van der Waals surface area contributed by atoms with Crippen molar-refractivity contribution in [3.8, 4) is 0 Å². The minimum atomic E-state index is -0.410. The van der Waals surface area contributed by atoms with E-state index in [4.69, 9.17) is 4.74 Å². The molecule has 3 rings (SSSR count). The topological polar surface area (TPSA) is 96.1 Å². The van der Waals surface area contributed by atoms with Crippen LogP contribution < -0.4 is 10.6 Å². The number of anilines is 2. The number of ether oxygens (including phenoxy) is 1. The second-order valence-electron chi connectivity index (χ2n) is 7.44. The fourth-order valence-corrected chi connectivity index (χ4v) is 2.70. The zero-order valence-electron chi connectivity index (χ0n) is 15.3. The second kappa shape index (κ2) is 7.29. The zero-order chi connectivity index (χ0) is 18.7. The highest BCUT2D eigenvalue weighted by molar-refractivity contribution is 6.05. The van der Waals surface area contributed by atoms with Crippen LogP contribution in [0.15, 0.2) is 30.3 Å². The third kappa shape index (κ3) is 4.29. The fourth-order valence-electron chi connectivity index (χ4n) is 2.70. The Labute approximate surface area is 152 Å². The molecule has 138 valence electrons. The number of hydrogen-bond donors (Lipinski definition) is 3. The van der Waals surface area contributed by atoms with Crippen LogP contribution in [0.3, 0.4) is 0 Å². The summed E-state index contributed by atoms with van der Waals surface area (Å²) in [5.74, 6) is 0.000993. The van der Waals surface area contributed by atoms with Crippen LogP contribution in [0.25, 0.3) is 0 Å². The van der Waals surface area contributed by atoms with Gasteiger partial charge in [0.25, 0.3) is 11.8 Å². The summed E-state index contributed by atoms with van der Waals surface area (Å²) < 4.78 is 5.37. The number of carbonyl (C=O) groups is 2. The summed E-state index contributed by atoms with van der Waals surface area (Å²) in [5.41, 5.74) is 1.86. The first-order valence-corrected chi connectivity index (χ1v) is 8.73. The number of benzene rings is 1. The Kier molecular flexibility index (Phi) is 5.08. The van der Waals surface area contributed by atoms with E-state index in [0.717, 1.165) is 18.5 Å². The molecule has 2 aromatic rings. The maximum absolute atomic E-state index is 12.5. The lowest BCUT2D eigenvalue weighted by molar-refractivity contribution is -0.124. The van der Waals surface area contributed by atoms with Crippen molar-refractivity contribution < 1.29 is 14.3 Å². The van der Waals surface area contributed by atoms with Crippen LogP contribution in [-0.4, -0.2) is 34.7 Å². The van der Waals surface area contributed by atoms with Crippen LogP contribution in [0.5, 0.6) is 0 Å². The third-order valence-electron chi connectivity index (χ3n) is 4.24. The predicted molar refractivity (Wildman–Crippen MR) is 99.3 cm³/mol. The number of hydrogen-bond acceptors (Lipinski definition) is 4. The van der Waals surface area contributed by atoms with Crippen LogP contribution in [0.2, 0.25) is 0 Å². The summed E-state index contributed by atoms with van der Waals surface area (Å²) in [7, 11) is 0. The standard InChI is InChI=1S/C19H24N4O3/c1-19(2,3)15-11-16(23-22-15)21-17(24)12-6-4-7-13(10-12)20-18(25)14-8-5-9-26-14/h4,6-7,10-11,14H,5,8-9H2,1-3H3,(H,20,25)(H2,21,22,23,24). The van der Waals surface area contributed by atoms with Crippen molar-refractivity contribution >= 4 is 23.3 Å². The van der Waals surface area contributed by atoms with Gasteiger partial charge in [-0.1, -0.05) is 26.8 Å². The summed E-state index contributed by atoms with van der Waals surface area (Å²) in [6.07, 6.45) is 1.20. The van der Waals surface area contributed by atoms with Crippen molar-refractivity contribution in [2.75, 3.05) is 17.2 Å². The monoisotopic (exact) mass is 356 g/mol. The lowest BCUT2D eigenvalue weighted by Gasteiger charge is -2.14. The van der Waals surface area contributed by atoms with E-state index < -0.39 is 6.10 Å². The van der Waals surface area contributed by atoms with Gasteiger partial charge >= 0.3 is 0 Å². The molecule has 3 N–H and O–H groups in total. The van der Waals surface area contributed by atoms with Crippen molar-refractivity contribution in [3.05, 3.63) is 41.6 Å². The van der Waals surface area contributed by atoms with Gasteiger partial charge in [0.2, 0.25) is 0 Å². The van der Waals surface area contributed by atoms with E-state index >= 15 is 0 Å². The van der Waals surface area contributed by atoms with Crippen LogP contribution in [0.1, 0.15) is 49.7 Å². The molecule has 2 amide bonds. The third-order valence-corrected chi connectivity index (χ3v) is 4.24. The van der Waals surface area contributed by atoms with Crippen molar-refractivity contribution in [1.82, 2.24) is 10.2 Å². The molecule has 1 aliphatic rings. The van der Waals surface area contributed by atoms with Crippen molar-refractivity contribution in [3.63, 3.8) is 0 Å². The van der Waals surface area contributed by atoms with Crippen LogP contribution in [-0.2, 0) is 14.9 Å². The normalized spacial score (nSPS) is 17.1. The van der Waals surface area contributed by atoms with Crippen molar-refractivity contribution in [2.24, 2.45) is 0 Å². The molecular weight excluding hydrogens is 332 g/mol. The maximum Gasteiger partial charge on any atom is 0.256 e. The number of amides is 2. The zero-order valence-corrected chi connectivity index (χ0v) is 15.3. The summed E-state index contributed by atoms with van der Waals surface area (Å²) in [6.45, 7) is 6.80. The number of H-pyrrole nitrogens is 1. The van der Waals surface area contributed by atoms with E-state index in [0.29, 0.717) is 23.7 Å². The molecule has 1 aliphatic heterocycles. The number of aromatic amines is 1. The van der Waals surface area contributed by atoms with Crippen molar-refractivity contribution in [2.45, 2.75) is 45.1 Å². The van der Waals surface area contributed by atoms with E-state index in [-0.39, 0.29) is 17.2 Å². The highest BCUT2D eigenvalue weighted by atomic mass is 16.5. The molecule has 1 unspecified atom stereocenters. The van der Waals surface area contributed by atoms with Crippen LogP contribution in [0, 0.1) is 0 Å². The largest absolute Gasteiger partial charge is 0.368 e. The quantitative estimate of drug-likeness (QED) is 0.784. The molecule has 7 nitrogen and oxygen atoms in total. The van der Waals surface area contributed by atoms with E-state index in [1.807, 2.05) is 6.07 Å². The highest BCUT2D eigenvalue weighted by Gasteiger charge is 2.23. The predicted octanol–water partition coefficient (Wildman–Crippen LogP) is 3.08. The second-order valence-corrected chi connectivity index (χ2v) is 7.44. The number of carbonyl (C=O) groups excluding carboxylic acids is 2. The molecule has 0 saturated carbocycles. The van der Waals surface area contributed by atoms with Gasteiger partial charge in [-0.15, -0.1) is 0 Å². The Morgan fingerprint density at radius 2 is 2.04 bits per heavy atom. The first-order valence-electron chi connectivity index (χ1n) is 8.73. The van der Waals surface area contributed by atoms with Gasteiger partial charge in [-0.2, -0.15) is 5.10 Å². The molecular formula is C19H24N4O3. The maximum atomic E-state index is 12.5. The van der Waals surface area contributed by atoms with Crippen molar-refractivity contribution in [1.29, 1.82) is 0 Å². The Hall–Kier alpha value is -2.67. The first-order chi connectivity index (χ1) is 12.3. The van der Waals surface area contributed by atoms with E-state index in [2.05, 4.69) is 41.6 Å². The molecule has 1 aromatic carbocycles. The van der Waals surface area contributed by atoms with E-state index in [9.17, 15) is 9.59 Å². The average molecular weight is 356 g/mol. The van der Waals surface area contributed by atoms with Gasteiger partial charge in [0, 0.05) is 35.0 Å². The molecule has 1 saturated heterocycles. The Bertz CT molecular complexity index is 801. The van der Waals surface area contributed by atoms with Gasteiger partial charge in [-0.05, 0) is 31.0 Å². The first kappa shape index (κ1) is 18.1. The summed E-state index contributed by atoms with van der Waals surface area (Å²) >= 11 is 0. The highest BCUT2D eigenvalue weighted by Crippen LogP contribution is 2.22. The Morgan fingerprint density at radius 1 is 1.23 bits per heavy atom. The lowest BCUT2D eigenvalue weighted by Crippen LogP contribution is -2.27. The number of nitrogens with zero attached hydrogens (tertiary/aromatic N) is 1. The SMILES string of the molecule is CC(C)(C)c1cc(NC(=O)c2cccc(NC(=O)C3CCCO3)c2)n[nH]1. The van der Waals surface area contributed by atoms with Crippen LogP contribution in [0.4, 0.5) is 11.5 Å². The summed E-state index contributed by atoms with van der Waals surface area (Å²) in [6, 6.07) is 8.62. The van der Waals surface area contributed by atoms with Gasteiger partial charge in [0.1, 0.15) is 6.10 Å². The molecule has 1 fully saturated rings.